The lowest BCUT2D eigenvalue weighted by atomic mass is 10.0. The minimum absolute atomic E-state index is 0. The highest BCUT2D eigenvalue weighted by Crippen LogP contribution is 2.11. The molecule has 0 unspecified atom stereocenters. The molecule has 1 aromatic heterocycles. The van der Waals surface area contributed by atoms with E-state index in [1.807, 2.05) is 24.3 Å². The Balaban J connectivity index is 0.00000261. The molecule has 0 aliphatic rings. The average Bonchev–Trinajstić information content (AvgIpc) is 2.72. The van der Waals surface area contributed by atoms with Gasteiger partial charge in [0.25, 0.3) is 0 Å². The van der Waals surface area contributed by atoms with Gasteiger partial charge in [-0.25, -0.2) is 0 Å². The predicted octanol–water partition coefficient (Wildman–Crippen LogP) is 4.50. The van der Waals surface area contributed by atoms with Crippen molar-refractivity contribution in [1.29, 1.82) is 0 Å². The molecule has 0 spiro atoms. The molecular weight excluding hydrogens is 427 g/mol. The Bertz CT molecular complexity index is 851. The molecule has 1 heterocycles. The number of benzene rings is 2. The molecule has 0 aliphatic heterocycles. The Morgan fingerprint density at radius 2 is 1.31 bits per heavy atom. The van der Waals surface area contributed by atoms with Gasteiger partial charge < -0.3 is 11.5 Å². The van der Waals surface area contributed by atoms with Gasteiger partial charge in [0.1, 0.15) is 5.84 Å². The third-order valence-corrected chi connectivity index (χ3v) is 4.37. The maximum absolute atomic E-state index is 6.10. The van der Waals surface area contributed by atoms with Crippen LogP contribution in [-0.2, 0) is 25.9 Å². The average molecular weight is 454 g/mol. The largest absolute Gasteiger partial charge is 0.383 e. The number of aryl methyl sites for hydroxylation is 2. The number of halogens is 3. The van der Waals surface area contributed by atoms with Crippen LogP contribution >= 0.6 is 37.2 Å². The molecule has 3 aromatic rings. The Labute approximate surface area is 191 Å². The highest BCUT2D eigenvalue weighted by Gasteiger charge is 2.01. The number of pyridine rings is 1. The molecule has 2 aromatic carbocycles. The van der Waals surface area contributed by atoms with E-state index >= 15 is 0 Å². The fourth-order valence-corrected chi connectivity index (χ4v) is 2.73. The van der Waals surface area contributed by atoms with Crippen molar-refractivity contribution < 1.29 is 0 Å². The first-order valence-corrected chi connectivity index (χ1v) is 8.80. The number of rotatable bonds is 7. The van der Waals surface area contributed by atoms with Gasteiger partial charge in [-0.2, -0.15) is 0 Å². The quantitative estimate of drug-likeness (QED) is 0.408. The molecule has 0 amide bonds. The van der Waals surface area contributed by atoms with Crippen LogP contribution in [0.25, 0.3) is 0 Å². The summed E-state index contributed by atoms with van der Waals surface area (Å²) in [5, 5.41) is 0. The molecule has 29 heavy (non-hydrogen) atoms. The zero-order chi connectivity index (χ0) is 18.2. The third kappa shape index (κ3) is 8.42. The summed E-state index contributed by atoms with van der Waals surface area (Å²) >= 11 is 0. The SMILES string of the molecule is Cl.Cl.Cl.NCc1ccc(CCc2ccc(C(N)=NCc3cccnc3)cc2)cc1. The highest BCUT2D eigenvalue weighted by atomic mass is 35.5. The second-order valence-corrected chi connectivity index (χ2v) is 6.28. The first-order chi connectivity index (χ1) is 12.7. The van der Waals surface area contributed by atoms with Crippen LogP contribution in [0.15, 0.2) is 78.0 Å². The number of nitrogens with zero attached hydrogens (tertiary/aromatic N) is 2. The molecule has 156 valence electrons. The summed E-state index contributed by atoms with van der Waals surface area (Å²) in [4.78, 5) is 8.53. The number of aliphatic imine (C=N–C) groups is 1. The molecule has 0 saturated heterocycles. The number of hydrogen-bond acceptors (Lipinski definition) is 3. The van der Waals surface area contributed by atoms with Crippen LogP contribution in [0.4, 0.5) is 0 Å². The molecule has 0 bridgehead atoms. The van der Waals surface area contributed by atoms with Crippen molar-refractivity contribution >= 4 is 43.1 Å². The molecule has 7 heteroatoms. The Morgan fingerprint density at radius 3 is 1.83 bits per heavy atom. The van der Waals surface area contributed by atoms with Crippen molar-refractivity contribution in [3.63, 3.8) is 0 Å². The zero-order valence-electron chi connectivity index (χ0n) is 16.0. The number of aromatic nitrogens is 1. The molecule has 0 aliphatic carbocycles. The van der Waals surface area contributed by atoms with Gasteiger partial charge in [-0.3, -0.25) is 9.98 Å². The van der Waals surface area contributed by atoms with Gasteiger partial charge in [-0.05, 0) is 41.2 Å². The molecule has 4 nitrogen and oxygen atoms in total. The van der Waals surface area contributed by atoms with Gasteiger partial charge in [0.15, 0.2) is 0 Å². The summed E-state index contributed by atoms with van der Waals surface area (Å²) in [6.45, 7) is 1.13. The standard InChI is InChI=1S/C22H24N4.3ClH/c23-14-19-7-5-17(6-8-19)3-4-18-9-11-21(12-10-18)22(24)26-16-20-2-1-13-25-15-20;;;/h1-2,5-13,15H,3-4,14,16,23H2,(H2,24,26);3*1H. The van der Waals surface area contributed by atoms with Gasteiger partial charge in [0, 0.05) is 24.5 Å². The lowest BCUT2D eigenvalue weighted by molar-refractivity contribution is 0.955. The van der Waals surface area contributed by atoms with Gasteiger partial charge in [-0.15, -0.1) is 37.2 Å². The van der Waals surface area contributed by atoms with E-state index in [4.69, 9.17) is 11.5 Å². The van der Waals surface area contributed by atoms with Gasteiger partial charge in [0.2, 0.25) is 0 Å². The van der Waals surface area contributed by atoms with Crippen LogP contribution in [0, 0.1) is 0 Å². The fraction of sp³-hybridized carbons (Fsp3) is 0.182. The van der Waals surface area contributed by atoms with E-state index in [1.165, 1.54) is 16.7 Å². The Morgan fingerprint density at radius 1 is 0.759 bits per heavy atom. The van der Waals surface area contributed by atoms with Crippen molar-refractivity contribution in [1.82, 2.24) is 4.98 Å². The summed E-state index contributed by atoms with van der Waals surface area (Å²) in [7, 11) is 0. The van der Waals surface area contributed by atoms with E-state index in [1.54, 1.807) is 12.4 Å². The third-order valence-electron chi connectivity index (χ3n) is 4.37. The summed E-state index contributed by atoms with van der Waals surface area (Å²) in [6.07, 6.45) is 5.56. The van der Waals surface area contributed by atoms with Crippen LogP contribution < -0.4 is 11.5 Å². The second kappa shape index (κ2) is 14.0. The van der Waals surface area contributed by atoms with Crippen LogP contribution in [0.2, 0.25) is 0 Å². The number of amidine groups is 1. The van der Waals surface area contributed by atoms with Gasteiger partial charge in [-0.1, -0.05) is 54.6 Å². The van der Waals surface area contributed by atoms with Crippen LogP contribution in [0.3, 0.4) is 0 Å². The number of hydrogen-bond donors (Lipinski definition) is 2. The monoisotopic (exact) mass is 452 g/mol. The molecule has 4 N–H and O–H groups in total. The lowest BCUT2D eigenvalue weighted by Gasteiger charge is -2.06. The zero-order valence-corrected chi connectivity index (χ0v) is 18.5. The Kier molecular flexibility index (Phi) is 12.9. The van der Waals surface area contributed by atoms with E-state index in [0.29, 0.717) is 18.9 Å². The maximum Gasteiger partial charge on any atom is 0.125 e. The lowest BCUT2D eigenvalue weighted by Crippen LogP contribution is -2.13. The Hall–Kier alpha value is -2.11. The van der Waals surface area contributed by atoms with Crippen LogP contribution in [-0.4, -0.2) is 10.8 Å². The van der Waals surface area contributed by atoms with Crippen molar-refractivity contribution in [3.8, 4) is 0 Å². The molecule has 3 rings (SSSR count). The first-order valence-electron chi connectivity index (χ1n) is 8.80. The predicted molar refractivity (Wildman–Crippen MR) is 129 cm³/mol. The minimum atomic E-state index is 0. The van der Waals surface area contributed by atoms with E-state index in [9.17, 15) is 0 Å². The molecular formula is C22H27Cl3N4. The van der Waals surface area contributed by atoms with E-state index in [0.717, 1.165) is 24.0 Å². The van der Waals surface area contributed by atoms with Crippen molar-refractivity contribution in [2.75, 3.05) is 0 Å². The highest BCUT2D eigenvalue weighted by molar-refractivity contribution is 5.97. The van der Waals surface area contributed by atoms with E-state index in [2.05, 4.69) is 46.4 Å². The second-order valence-electron chi connectivity index (χ2n) is 6.28. The summed E-state index contributed by atoms with van der Waals surface area (Å²) < 4.78 is 0. The van der Waals surface area contributed by atoms with Gasteiger partial charge in [0.05, 0.1) is 6.54 Å². The van der Waals surface area contributed by atoms with Crippen molar-refractivity contribution in [2.45, 2.75) is 25.9 Å². The first kappa shape index (κ1) is 26.9. The molecule has 0 fully saturated rings. The van der Waals surface area contributed by atoms with Crippen molar-refractivity contribution in [2.24, 2.45) is 16.5 Å². The van der Waals surface area contributed by atoms with E-state index in [-0.39, 0.29) is 37.2 Å². The summed E-state index contributed by atoms with van der Waals surface area (Å²) in [5.74, 6) is 0.553. The van der Waals surface area contributed by atoms with Gasteiger partial charge >= 0.3 is 0 Å². The topological polar surface area (TPSA) is 77.3 Å². The molecule has 0 atom stereocenters. The summed E-state index contributed by atoms with van der Waals surface area (Å²) in [6, 6.07) is 20.7. The van der Waals surface area contributed by atoms with Crippen molar-refractivity contribution in [3.05, 3.63) is 101 Å². The summed E-state index contributed by atoms with van der Waals surface area (Å²) in [5.41, 5.74) is 17.5. The smallest absolute Gasteiger partial charge is 0.125 e. The fourth-order valence-electron chi connectivity index (χ4n) is 2.73. The maximum atomic E-state index is 6.10. The number of nitrogens with two attached hydrogens (primary N) is 2. The minimum Gasteiger partial charge on any atom is -0.383 e. The molecule has 0 saturated carbocycles. The molecule has 0 radical (unpaired) electrons. The van der Waals surface area contributed by atoms with E-state index < -0.39 is 0 Å². The van der Waals surface area contributed by atoms with Crippen LogP contribution in [0.5, 0.6) is 0 Å². The normalized spacial score (nSPS) is 10.3. The van der Waals surface area contributed by atoms with Crippen LogP contribution in [0.1, 0.15) is 27.8 Å².